The van der Waals surface area contributed by atoms with Gasteiger partial charge < -0.3 is 0 Å². The van der Waals surface area contributed by atoms with Crippen LogP contribution in [0.3, 0.4) is 0 Å². The predicted octanol–water partition coefficient (Wildman–Crippen LogP) is 4.73. The molecule has 5 heteroatoms. The molecule has 0 atom stereocenters. The molecule has 0 nitrogen and oxygen atoms in total. The van der Waals surface area contributed by atoms with Gasteiger partial charge in [-0.25, -0.2) is 0 Å². The molecule has 1 aromatic rings. The standard InChI is InChI=1S/C6H2Br4.Fe/c7-3-1-2-4(8)6(10)5(3)9;/h1-2H;. The Morgan fingerprint density at radius 1 is 0.727 bits per heavy atom. The third kappa shape index (κ3) is 3.12. The van der Waals surface area contributed by atoms with E-state index in [2.05, 4.69) is 63.7 Å². The molecule has 0 aromatic heterocycles. The van der Waals surface area contributed by atoms with Crippen LogP contribution in [0.25, 0.3) is 0 Å². The summed E-state index contributed by atoms with van der Waals surface area (Å²) in [6.45, 7) is 0. The van der Waals surface area contributed by atoms with Gasteiger partial charge in [-0.1, -0.05) is 0 Å². The summed E-state index contributed by atoms with van der Waals surface area (Å²) in [6.07, 6.45) is 0. The summed E-state index contributed by atoms with van der Waals surface area (Å²) in [7, 11) is 0. The van der Waals surface area contributed by atoms with Crippen LogP contribution in [-0.2, 0) is 17.1 Å². The number of halogens is 4. The number of hydrogen-bond donors (Lipinski definition) is 0. The quantitative estimate of drug-likeness (QED) is 0.305. The van der Waals surface area contributed by atoms with Crippen LogP contribution in [0.15, 0.2) is 30.0 Å². The number of benzene rings is 1. The molecular weight excluding hydrogens is 448 g/mol. The first-order chi connectivity index (χ1) is 4.63. The smallest absolute Gasteiger partial charge is 0.0471 e. The Kier molecular flexibility index (Phi) is 6.22. The van der Waals surface area contributed by atoms with E-state index >= 15 is 0 Å². The second-order valence-corrected chi connectivity index (χ2v) is 4.95. The summed E-state index contributed by atoms with van der Waals surface area (Å²) in [4.78, 5) is 0. The maximum Gasteiger partial charge on any atom is 0.0471 e. The Morgan fingerprint density at radius 2 is 1.00 bits per heavy atom. The minimum Gasteiger partial charge on any atom is -0.0496 e. The molecule has 0 amide bonds. The molecule has 0 bridgehead atoms. The Hall–Kier alpha value is 1.66. The van der Waals surface area contributed by atoms with Gasteiger partial charge in [0.25, 0.3) is 0 Å². The Balaban J connectivity index is 0.000001000. The number of hydrogen-bond acceptors (Lipinski definition) is 0. The third-order valence-electron chi connectivity index (χ3n) is 0.988. The van der Waals surface area contributed by atoms with E-state index in [9.17, 15) is 0 Å². The van der Waals surface area contributed by atoms with Crippen molar-refractivity contribution in [3.8, 4) is 0 Å². The van der Waals surface area contributed by atoms with Crippen molar-refractivity contribution in [3.05, 3.63) is 30.0 Å². The predicted molar refractivity (Wildman–Crippen MR) is 57.2 cm³/mol. The van der Waals surface area contributed by atoms with E-state index in [0.717, 1.165) is 17.9 Å². The average molecular weight is 450 g/mol. The molecule has 0 aliphatic heterocycles. The van der Waals surface area contributed by atoms with Crippen molar-refractivity contribution in [1.82, 2.24) is 0 Å². The zero-order valence-electron chi connectivity index (χ0n) is 5.02. The molecule has 0 aliphatic carbocycles. The molecule has 1 rings (SSSR count). The first kappa shape index (κ1) is 12.7. The van der Waals surface area contributed by atoms with Gasteiger partial charge in [0.2, 0.25) is 0 Å². The van der Waals surface area contributed by atoms with E-state index in [-0.39, 0.29) is 17.1 Å². The minimum atomic E-state index is 0. The van der Waals surface area contributed by atoms with Crippen molar-refractivity contribution >= 4 is 63.7 Å². The molecular formula is C6H2Br4Fe. The van der Waals surface area contributed by atoms with Gasteiger partial charge >= 0.3 is 0 Å². The molecule has 0 radical (unpaired) electrons. The van der Waals surface area contributed by atoms with Crippen LogP contribution < -0.4 is 0 Å². The molecule has 0 heterocycles. The van der Waals surface area contributed by atoms with Crippen molar-refractivity contribution in [2.24, 2.45) is 0 Å². The van der Waals surface area contributed by atoms with Crippen LogP contribution in [0, 0.1) is 0 Å². The monoisotopic (exact) mass is 446 g/mol. The van der Waals surface area contributed by atoms with Gasteiger partial charge in [0.15, 0.2) is 0 Å². The Bertz CT molecular complexity index is 234. The maximum atomic E-state index is 3.41. The van der Waals surface area contributed by atoms with Gasteiger partial charge in [0, 0.05) is 35.0 Å². The first-order valence-corrected chi connectivity index (χ1v) is 5.59. The normalized spacial score (nSPS) is 9.09. The first-order valence-electron chi connectivity index (χ1n) is 2.42. The third-order valence-corrected chi connectivity index (χ3v) is 5.55. The van der Waals surface area contributed by atoms with Crippen LogP contribution >= 0.6 is 63.7 Å². The summed E-state index contributed by atoms with van der Waals surface area (Å²) >= 11 is 13.6. The molecule has 0 aliphatic rings. The van der Waals surface area contributed by atoms with Gasteiger partial charge in [-0.15, -0.1) is 0 Å². The van der Waals surface area contributed by atoms with Crippen molar-refractivity contribution < 1.29 is 17.1 Å². The molecule has 11 heavy (non-hydrogen) atoms. The van der Waals surface area contributed by atoms with Crippen molar-refractivity contribution in [1.29, 1.82) is 0 Å². The fraction of sp³-hybridized carbons (Fsp3) is 0. The second kappa shape index (κ2) is 5.40. The van der Waals surface area contributed by atoms with E-state index in [1.165, 1.54) is 0 Å². The van der Waals surface area contributed by atoms with Gasteiger partial charge in [-0.3, -0.25) is 0 Å². The molecule has 62 valence electrons. The van der Waals surface area contributed by atoms with Crippen LogP contribution in [0.2, 0.25) is 0 Å². The zero-order valence-corrected chi connectivity index (χ0v) is 12.5. The van der Waals surface area contributed by atoms with E-state index < -0.39 is 0 Å². The molecule has 0 unspecified atom stereocenters. The molecule has 1 aromatic carbocycles. The second-order valence-electron chi connectivity index (χ2n) is 1.66. The largest absolute Gasteiger partial charge is 0.0496 e. The topological polar surface area (TPSA) is 0 Å². The van der Waals surface area contributed by atoms with Crippen LogP contribution in [-0.4, -0.2) is 0 Å². The maximum absolute atomic E-state index is 3.41. The summed E-state index contributed by atoms with van der Waals surface area (Å²) in [6, 6.07) is 3.94. The Labute approximate surface area is 109 Å². The molecule has 0 fully saturated rings. The van der Waals surface area contributed by atoms with Crippen molar-refractivity contribution in [2.75, 3.05) is 0 Å². The minimum absolute atomic E-state index is 0. The van der Waals surface area contributed by atoms with Gasteiger partial charge in [-0.05, 0) is 75.9 Å². The van der Waals surface area contributed by atoms with E-state index in [4.69, 9.17) is 0 Å². The van der Waals surface area contributed by atoms with E-state index in [1.807, 2.05) is 12.1 Å². The van der Waals surface area contributed by atoms with Crippen LogP contribution in [0.4, 0.5) is 0 Å². The summed E-state index contributed by atoms with van der Waals surface area (Å²) in [5, 5.41) is 0. The average Bonchev–Trinajstić information content (AvgIpc) is 1.93. The van der Waals surface area contributed by atoms with Crippen molar-refractivity contribution in [2.45, 2.75) is 0 Å². The van der Waals surface area contributed by atoms with Crippen LogP contribution in [0.5, 0.6) is 0 Å². The van der Waals surface area contributed by atoms with E-state index in [1.54, 1.807) is 0 Å². The SMILES string of the molecule is Brc1ccc(Br)c(Br)c1Br.[Fe]. The molecule has 0 spiro atoms. The van der Waals surface area contributed by atoms with Gasteiger partial charge in [-0.2, -0.15) is 0 Å². The van der Waals surface area contributed by atoms with Crippen LogP contribution in [0.1, 0.15) is 0 Å². The fourth-order valence-electron chi connectivity index (χ4n) is 0.502. The summed E-state index contributed by atoms with van der Waals surface area (Å²) in [5.74, 6) is 0. The number of rotatable bonds is 0. The molecule has 0 saturated carbocycles. The van der Waals surface area contributed by atoms with Gasteiger partial charge in [0.05, 0.1) is 0 Å². The summed E-state index contributed by atoms with van der Waals surface area (Å²) in [5.41, 5.74) is 0. The van der Waals surface area contributed by atoms with Gasteiger partial charge in [0.1, 0.15) is 0 Å². The fourth-order valence-corrected chi connectivity index (χ4v) is 2.39. The Morgan fingerprint density at radius 3 is 1.27 bits per heavy atom. The zero-order chi connectivity index (χ0) is 7.72. The molecule has 0 saturated heterocycles. The van der Waals surface area contributed by atoms with E-state index in [0.29, 0.717) is 0 Å². The summed E-state index contributed by atoms with van der Waals surface area (Å²) < 4.78 is 4.15. The molecule has 0 N–H and O–H groups in total. The van der Waals surface area contributed by atoms with Crippen molar-refractivity contribution in [3.63, 3.8) is 0 Å².